The first-order valence-electron chi connectivity index (χ1n) is 6.29. The molecule has 1 N–H and O–H groups in total. The van der Waals surface area contributed by atoms with Gasteiger partial charge in [-0.25, -0.2) is 5.06 Å². The molecular weight excluding hydrogens is 246 g/mol. The maximum atomic E-state index is 11.0. The number of amides is 1. The Morgan fingerprint density at radius 2 is 2.11 bits per heavy atom. The summed E-state index contributed by atoms with van der Waals surface area (Å²) in [5.41, 5.74) is 0.928. The first-order valence-corrected chi connectivity index (χ1v) is 6.29. The molecule has 1 aromatic rings. The first-order chi connectivity index (χ1) is 9.17. The van der Waals surface area contributed by atoms with Gasteiger partial charge in [-0.15, -0.1) is 0 Å². The van der Waals surface area contributed by atoms with Gasteiger partial charge in [0.15, 0.2) is 0 Å². The Morgan fingerprint density at radius 3 is 2.63 bits per heavy atom. The molecule has 1 atom stereocenters. The van der Waals surface area contributed by atoms with Crippen molar-refractivity contribution in [3.8, 4) is 0 Å². The molecular formula is C14H19NO4. The Bertz CT molecular complexity index is 394. The van der Waals surface area contributed by atoms with E-state index in [1.54, 1.807) is 0 Å². The van der Waals surface area contributed by atoms with Crippen molar-refractivity contribution in [3.05, 3.63) is 35.9 Å². The SMILES string of the molecule is CCCC(CN(C=O)OCc1ccccc1)C(=O)O. The lowest BCUT2D eigenvalue weighted by atomic mass is 10.0. The highest BCUT2D eigenvalue weighted by Gasteiger charge is 2.20. The number of benzene rings is 1. The molecule has 1 aromatic carbocycles. The lowest BCUT2D eigenvalue weighted by molar-refractivity contribution is -0.184. The summed E-state index contributed by atoms with van der Waals surface area (Å²) in [5.74, 6) is -1.50. The summed E-state index contributed by atoms with van der Waals surface area (Å²) in [6.45, 7) is 2.23. The number of aliphatic carboxylic acids is 1. The highest BCUT2D eigenvalue weighted by atomic mass is 16.7. The molecule has 1 rings (SSSR count). The van der Waals surface area contributed by atoms with Gasteiger partial charge in [-0.1, -0.05) is 43.7 Å². The third-order valence-electron chi connectivity index (χ3n) is 2.74. The van der Waals surface area contributed by atoms with Crippen LogP contribution in [0.5, 0.6) is 0 Å². The number of rotatable bonds is 9. The van der Waals surface area contributed by atoms with Crippen LogP contribution in [-0.4, -0.2) is 29.1 Å². The van der Waals surface area contributed by atoms with Crippen LogP contribution in [-0.2, 0) is 21.0 Å². The van der Waals surface area contributed by atoms with Gasteiger partial charge in [0, 0.05) is 0 Å². The molecule has 1 unspecified atom stereocenters. The molecule has 0 radical (unpaired) electrons. The smallest absolute Gasteiger partial charge is 0.308 e. The van der Waals surface area contributed by atoms with Crippen LogP contribution in [0, 0.1) is 5.92 Å². The molecule has 0 aliphatic carbocycles. The van der Waals surface area contributed by atoms with Gasteiger partial charge in [0.25, 0.3) is 0 Å². The standard InChI is InChI=1S/C14H19NO4/c1-2-6-13(14(17)18)9-15(11-16)19-10-12-7-4-3-5-8-12/h3-5,7-8,11,13H,2,6,9-10H2,1H3,(H,17,18). The molecule has 0 saturated heterocycles. The van der Waals surface area contributed by atoms with E-state index < -0.39 is 11.9 Å². The van der Waals surface area contributed by atoms with E-state index in [0.29, 0.717) is 12.8 Å². The molecule has 0 aliphatic heterocycles. The topological polar surface area (TPSA) is 66.8 Å². The fourth-order valence-corrected chi connectivity index (χ4v) is 1.72. The minimum absolute atomic E-state index is 0.0690. The van der Waals surface area contributed by atoms with Gasteiger partial charge in [-0.2, -0.15) is 0 Å². The number of hydroxylamine groups is 2. The Morgan fingerprint density at radius 1 is 1.42 bits per heavy atom. The number of carbonyl (C=O) groups excluding carboxylic acids is 1. The predicted molar refractivity (Wildman–Crippen MR) is 70.0 cm³/mol. The van der Waals surface area contributed by atoms with Crippen LogP contribution >= 0.6 is 0 Å². The second-order valence-corrected chi connectivity index (χ2v) is 4.29. The molecule has 104 valence electrons. The van der Waals surface area contributed by atoms with E-state index in [1.807, 2.05) is 37.3 Å². The van der Waals surface area contributed by atoms with Crippen LogP contribution in [0.1, 0.15) is 25.3 Å². The fraction of sp³-hybridized carbons (Fsp3) is 0.429. The number of nitrogens with zero attached hydrogens (tertiary/aromatic N) is 1. The summed E-state index contributed by atoms with van der Waals surface area (Å²) in [5, 5.41) is 10.1. The van der Waals surface area contributed by atoms with Crippen LogP contribution in [0.15, 0.2) is 30.3 Å². The molecule has 0 bridgehead atoms. The molecule has 0 heterocycles. The molecule has 19 heavy (non-hydrogen) atoms. The summed E-state index contributed by atoms with van der Waals surface area (Å²) in [4.78, 5) is 27.2. The zero-order valence-electron chi connectivity index (χ0n) is 11.0. The number of hydrogen-bond donors (Lipinski definition) is 1. The van der Waals surface area contributed by atoms with Crippen molar-refractivity contribution >= 4 is 12.4 Å². The highest BCUT2D eigenvalue weighted by Crippen LogP contribution is 2.10. The van der Waals surface area contributed by atoms with Crippen LogP contribution in [0.3, 0.4) is 0 Å². The van der Waals surface area contributed by atoms with E-state index in [1.165, 1.54) is 0 Å². The molecule has 0 fully saturated rings. The minimum atomic E-state index is -0.906. The number of carbonyl (C=O) groups is 2. The quantitative estimate of drug-likeness (QED) is 0.548. The van der Waals surface area contributed by atoms with Crippen molar-refractivity contribution in [3.63, 3.8) is 0 Å². The van der Waals surface area contributed by atoms with E-state index in [9.17, 15) is 9.59 Å². The second kappa shape index (κ2) is 8.26. The fourth-order valence-electron chi connectivity index (χ4n) is 1.72. The van der Waals surface area contributed by atoms with Crippen LogP contribution in [0.25, 0.3) is 0 Å². The third-order valence-corrected chi connectivity index (χ3v) is 2.74. The van der Waals surface area contributed by atoms with Gasteiger partial charge in [-0.3, -0.25) is 14.4 Å². The number of hydrogen-bond acceptors (Lipinski definition) is 3. The molecule has 0 aliphatic rings. The third kappa shape index (κ3) is 5.52. The number of carboxylic acid groups (broad SMARTS) is 1. The van der Waals surface area contributed by atoms with E-state index in [-0.39, 0.29) is 13.2 Å². The van der Waals surface area contributed by atoms with Crippen molar-refractivity contribution in [1.29, 1.82) is 0 Å². The maximum Gasteiger partial charge on any atom is 0.308 e. The molecule has 0 saturated carbocycles. The van der Waals surface area contributed by atoms with E-state index >= 15 is 0 Å². The Balaban J connectivity index is 2.48. The van der Waals surface area contributed by atoms with Crippen molar-refractivity contribution in [1.82, 2.24) is 5.06 Å². The van der Waals surface area contributed by atoms with Crippen molar-refractivity contribution < 1.29 is 19.5 Å². The van der Waals surface area contributed by atoms with Crippen molar-refractivity contribution in [2.75, 3.05) is 6.54 Å². The number of carboxylic acids is 1. The minimum Gasteiger partial charge on any atom is -0.481 e. The van der Waals surface area contributed by atoms with Crippen LogP contribution in [0.2, 0.25) is 0 Å². The van der Waals surface area contributed by atoms with Crippen LogP contribution in [0.4, 0.5) is 0 Å². The lowest BCUT2D eigenvalue weighted by Crippen LogP contribution is -2.32. The van der Waals surface area contributed by atoms with Gasteiger partial charge >= 0.3 is 5.97 Å². The Kier molecular flexibility index (Phi) is 6.60. The second-order valence-electron chi connectivity index (χ2n) is 4.29. The summed E-state index contributed by atoms with van der Waals surface area (Å²) < 4.78 is 0. The maximum absolute atomic E-state index is 11.0. The summed E-state index contributed by atoms with van der Waals surface area (Å²) in [6.07, 6.45) is 1.80. The summed E-state index contributed by atoms with van der Waals surface area (Å²) in [6, 6.07) is 9.40. The average molecular weight is 265 g/mol. The first kappa shape index (κ1) is 15.2. The van der Waals surface area contributed by atoms with Gasteiger partial charge in [0.2, 0.25) is 6.41 Å². The van der Waals surface area contributed by atoms with Gasteiger partial charge < -0.3 is 5.11 Å². The van der Waals surface area contributed by atoms with Gasteiger partial charge in [-0.05, 0) is 12.0 Å². The van der Waals surface area contributed by atoms with E-state index in [4.69, 9.17) is 9.94 Å². The lowest BCUT2D eigenvalue weighted by Gasteiger charge is -2.20. The zero-order chi connectivity index (χ0) is 14.1. The summed E-state index contributed by atoms with van der Waals surface area (Å²) in [7, 11) is 0. The van der Waals surface area contributed by atoms with Crippen LogP contribution < -0.4 is 0 Å². The molecule has 5 heteroatoms. The molecule has 5 nitrogen and oxygen atoms in total. The van der Waals surface area contributed by atoms with Crippen molar-refractivity contribution in [2.45, 2.75) is 26.4 Å². The molecule has 1 amide bonds. The molecule has 0 aromatic heterocycles. The van der Waals surface area contributed by atoms with E-state index in [0.717, 1.165) is 17.0 Å². The van der Waals surface area contributed by atoms with Gasteiger partial charge in [0.1, 0.15) is 6.61 Å². The zero-order valence-corrected chi connectivity index (χ0v) is 11.0. The van der Waals surface area contributed by atoms with Gasteiger partial charge in [0.05, 0.1) is 12.5 Å². The van der Waals surface area contributed by atoms with E-state index in [2.05, 4.69) is 0 Å². The normalized spacial score (nSPS) is 11.8. The monoisotopic (exact) mass is 265 g/mol. The Hall–Kier alpha value is -1.88. The highest BCUT2D eigenvalue weighted by molar-refractivity contribution is 5.70. The Labute approximate surface area is 112 Å². The summed E-state index contributed by atoms with van der Waals surface area (Å²) >= 11 is 0. The molecule has 0 spiro atoms. The largest absolute Gasteiger partial charge is 0.481 e. The predicted octanol–water partition coefficient (Wildman–Crippen LogP) is 2.08. The van der Waals surface area contributed by atoms with Crippen molar-refractivity contribution in [2.24, 2.45) is 5.92 Å². The average Bonchev–Trinajstić information content (AvgIpc) is 2.43.